The molecule has 1 aromatic heterocycles. The van der Waals surface area contributed by atoms with E-state index in [4.69, 9.17) is 9.83 Å². The van der Waals surface area contributed by atoms with Crippen molar-refractivity contribution in [2.45, 2.75) is 6.92 Å². The molecule has 0 unspecified atom stereocenters. The molecule has 3 rings (SSSR count). The van der Waals surface area contributed by atoms with Crippen LogP contribution in [0.2, 0.25) is 0 Å². The number of anilines is 1. The predicted molar refractivity (Wildman–Crippen MR) is 80.7 cm³/mol. The van der Waals surface area contributed by atoms with Gasteiger partial charge in [0, 0.05) is 6.08 Å². The molecule has 2 heterocycles. The highest BCUT2D eigenvalue weighted by atomic mass is 32.2. The van der Waals surface area contributed by atoms with E-state index in [1.165, 1.54) is 4.90 Å². The lowest BCUT2D eigenvalue weighted by Crippen LogP contribution is -2.28. The third-order valence-electron chi connectivity index (χ3n) is 3.00. The molecule has 0 atom stereocenters. The summed E-state index contributed by atoms with van der Waals surface area (Å²) in [5.74, 6) is 0.422. The Morgan fingerprint density at radius 2 is 2.05 bits per heavy atom. The Bertz CT molecular complexity index is 704. The summed E-state index contributed by atoms with van der Waals surface area (Å²) in [6, 6.07) is 11.1. The number of nitrogens with zero attached hydrogens (tertiary/aromatic N) is 1. The molecule has 1 aromatic carbocycles. The second-order valence-electron chi connectivity index (χ2n) is 4.36. The summed E-state index contributed by atoms with van der Waals surface area (Å²) in [5, 5.41) is 8.24. The standard InChI is InChI=1S/C15H12N2O2S/c1-10-5-2-3-7-12(10)17-14(18)13(20-15(17)16)9-11-6-4-8-19-11/h2-9,16H,1H3/b13-9-,16-15?. The van der Waals surface area contributed by atoms with E-state index in [1.807, 2.05) is 31.2 Å². The number of carbonyl (C=O) groups is 1. The maximum Gasteiger partial charge on any atom is 0.271 e. The Kier molecular flexibility index (Phi) is 3.20. The van der Waals surface area contributed by atoms with Gasteiger partial charge in [-0.15, -0.1) is 0 Å². The van der Waals surface area contributed by atoms with E-state index in [-0.39, 0.29) is 11.1 Å². The summed E-state index contributed by atoms with van der Waals surface area (Å²) in [6.45, 7) is 1.93. The SMILES string of the molecule is Cc1ccccc1N1C(=N)S/C(=C\c2ccco2)C1=O. The summed E-state index contributed by atoms with van der Waals surface area (Å²) in [4.78, 5) is 14.4. The molecule has 1 aliphatic heterocycles. The van der Waals surface area contributed by atoms with Gasteiger partial charge in [0.1, 0.15) is 5.76 Å². The van der Waals surface area contributed by atoms with Gasteiger partial charge in [-0.25, -0.2) is 0 Å². The molecule has 20 heavy (non-hydrogen) atoms. The zero-order valence-corrected chi connectivity index (χ0v) is 11.6. The van der Waals surface area contributed by atoms with Crippen LogP contribution in [0, 0.1) is 12.3 Å². The molecule has 1 amide bonds. The molecule has 0 radical (unpaired) electrons. The molecule has 100 valence electrons. The topological polar surface area (TPSA) is 57.3 Å². The van der Waals surface area contributed by atoms with Crippen LogP contribution in [0.15, 0.2) is 52.0 Å². The van der Waals surface area contributed by atoms with Crippen molar-refractivity contribution in [3.8, 4) is 0 Å². The minimum Gasteiger partial charge on any atom is -0.465 e. The smallest absolute Gasteiger partial charge is 0.271 e. The van der Waals surface area contributed by atoms with Crippen LogP contribution in [0.1, 0.15) is 11.3 Å². The molecule has 0 spiro atoms. The van der Waals surface area contributed by atoms with Gasteiger partial charge in [-0.3, -0.25) is 15.1 Å². The fourth-order valence-corrected chi connectivity index (χ4v) is 2.86. The van der Waals surface area contributed by atoms with Crippen molar-refractivity contribution < 1.29 is 9.21 Å². The number of benzene rings is 1. The van der Waals surface area contributed by atoms with Crippen LogP contribution in [0.5, 0.6) is 0 Å². The van der Waals surface area contributed by atoms with Gasteiger partial charge >= 0.3 is 0 Å². The fourth-order valence-electron chi connectivity index (χ4n) is 2.02. The molecule has 1 aliphatic rings. The second kappa shape index (κ2) is 5.02. The van der Waals surface area contributed by atoms with Crippen LogP contribution in [0.3, 0.4) is 0 Å². The van der Waals surface area contributed by atoms with Crippen LogP contribution in [-0.4, -0.2) is 11.1 Å². The van der Waals surface area contributed by atoms with Crippen LogP contribution in [0.4, 0.5) is 5.69 Å². The number of hydrogen-bond donors (Lipinski definition) is 1. The molecule has 1 fully saturated rings. The first kappa shape index (κ1) is 12.7. The highest BCUT2D eigenvalue weighted by molar-refractivity contribution is 8.19. The average molecular weight is 284 g/mol. The number of carbonyl (C=O) groups excluding carboxylic acids is 1. The monoisotopic (exact) mass is 284 g/mol. The molecule has 0 bridgehead atoms. The summed E-state index contributed by atoms with van der Waals surface area (Å²) in [6.07, 6.45) is 3.22. The number of nitrogens with one attached hydrogen (secondary N) is 1. The van der Waals surface area contributed by atoms with Crippen molar-refractivity contribution >= 4 is 34.6 Å². The van der Waals surface area contributed by atoms with E-state index in [0.717, 1.165) is 23.0 Å². The van der Waals surface area contributed by atoms with Gasteiger partial charge in [0.25, 0.3) is 5.91 Å². The van der Waals surface area contributed by atoms with Crippen LogP contribution < -0.4 is 4.90 Å². The average Bonchev–Trinajstić information content (AvgIpc) is 3.01. The van der Waals surface area contributed by atoms with Gasteiger partial charge < -0.3 is 4.42 Å². The van der Waals surface area contributed by atoms with E-state index < -0.39 is 0 Å². The highest BCUT2D eigenvalue weighted by Gasteiger charge is 2.34. The van der Waals surface area contributed by atoms with Gasteiger partial charge in [0.15, 0.2) is 5.17 Å². The number of thioether (sulfide) groups is 1. The number of hydrogen-bond acceptors (Lipinski definition) is 4. The largest absolute Gasteiger partial charge is 0.465 e. The highest BCUT2D eigenvalue weighted by Crippen LogP contribution is 2.36. The lowest BCUT2D eigenvalue weighted by molar-refractivity contribution is -0.113. The number of amides is 1. The molecule has 1 saturated heterocycles. The van der Waals surface area contributed by atoms with E-state index in [9.17, 15) is 4.79 Å². The Labute approximate surface area is 120 Å². The van der Waals surface area contributed by atoms with Crippen molar-refractivity contribution in [2.24, 2.45) is 0 Å². The molecular weight excluding hydrogens is 272 g/mol. The van der Waals surface area contributed by atoms with Crippen molar-refractivity contribution in [2.75, 3.05) is 4.90 Å². The van der Waals surface area contributed by atoms with Gasteiger partial charge in [-0.1, -0.05) is 18.2 Å². The Morgan fingerprint density at radius 1 is 1.25 bits per heavy atom. The predicted octanol–water partition coefficient (Wildman–Crippen LogP) is 3.64. The number of rotatable bonds is 2. The molecule has 2 aromatic rings. The van der Waals surface area contributed by atoms with Crippen molar-refractivity contribution in [3.63, 3.8) is 0 Å². The van der Waals surface area contributed by atoms with Crippen LogP contribution in [-0.2, 0) is 4.79 Å². The molecule has 0 saturated carbocycles. The first-order valence-corrected chi connectivity index (χ1v) is 6.90. The first-order valence-electron chi connectivity index (χ1n) is 6.08. The zero-order valence-electron chi connectivity index (χ0n) is 10.8. The Morgan fingerprint density at radius 3 is 2.75 bits per heavy atom. The third-order valence-corrected chi connectivity index (χ3v) is 3.88. The summed E-state index contributed by atoms with van der Waals surface area (Å²) < 4.78 is 5.21. The molecular formula is C15H12N2O2S. The maximum absolute atomic E-state index is 12.4. The Balaban J connectivity index is 1.98. The van der Waals surface area contributed by atoms with Crippen molar-refractivity contribution in [1.82, 2.24) is 0 Å². The summed E-state index contributed by atoms with van der Waals surface area (Å²) >= 11 is 1.14. The summed E-state index contributed by atoms with van der Waals surface area (Å²) in [7, 11) is 0. The van der Waals surface area contributed by atoms with Crippen molar-refractivity contribution in [1.29, 1.82) is 5.41 Å². The van der Waals surface area contributed by atoms with Gasteiger partial charge in [-0.05, 0) is 42.4 Å². The zero-order chi connectivity index (χ0) is 14.1. The molecule has 4 nitrogen and oxygen atoms in total. The molecule has 5 heteroatoms. The van der Waals surface area contributed by atoms with E-state index in [0.29, 0.717) is 10.7 Å². The lowest BCUT2D eigenvalue weighted by atomic mass is 10.2. The third kappa shape index (κ3) is 2.16. The lowest BCUT2D eigenvalue weighted by Gasteiger charge is -2.16. The normalized spacial score (nSPS) is 17.2. The Hall–Kier alpha value is -2.27. The van der Waals surface area contributed by atoms with Crippen LogP contribution in [0.25, 0.3) is 6.08 Å². The molecule has 1 N–H and O–H groups in total. The van der Waals surface area contributed by atoms with Crippen molar-refractivity contribution in [3.05, 3.63) is 58.9 Å². The minimum absolute atomic E-state index is 0.189. The maximum atomic E-state index is 12.4. The number of para-hydroxylation sites is 1. The quantitative estimate of drug-likeness (QED) is 0.856. The number of furan rings is 1. The first-order chi connectivity index (χ1) is 9.66. The van der Waals surface area contributed by atoms with E-state index in [2.05, 4.69) is 0 Å². The number of aryl methyl sites for hydroxylation is 1. The van der Waals surface area contributed by atoms with Crippen LogP contribution >= 0.6 is 11.8 Å². The number of amidine groups is 1. The second-order valence-corrected chi connectivity index (χ2v) is 5.39. The van der Waals surface area contributed by atoms with Gasteiger partial charge in [0.05, 0.1) is 16.9 Å². The van der Waals surface area contributed by atoms with Gasteiger partial charge in [-0.2, -0.15) is 0 Å². The minimum atomic E-state index is -0.189. The summed E-state index contributed by atoms with van der Waals surface area (Å²) in [5.41, 5.74) is 1.71. The molecule has 0 aliphatic carbocycles. The van der Waals surface area contributed by atoms with Gasteiger partial charge in [0.2, 0.25) is 0 Å². The van der Waals surface area contributed by atoms with E-state index >= 15 is 0 Å². The fraction of sp³-hybridized carbons (Fsp3) is 0.0667. The van der Waals surface area contributed by atoms with E-state index in [1.54, 1.807) is 24.5 Å².